The van der Waals surface area contributed by atoms with Gasteiger partial charge in [0.2, 0.25) is 5.92 Å². The fourth-order valence-electron chi connectivity index (χ4n) is 4.78. The number of esters is 1. The quantitative estimate of drug-likeness (QED) is 0.387. The first-order valence-electron chi connectivity index (χ1n) is 11.6. The molecule has 196 valence electrons. The summed E-state index contributed by atoms with van der Waals surface area (Å²) >= 11 is 0. The second-order valence-electron chi connectivity index (χ2n) is 9.14. The van der Waals surface area contributed by atoms with Crippen LogP contribution in [0.3, 0.4) is 0 Å². The van der Waals surface area contributed by atoms with Crippen LogP contribution in [0.15, 0.2) is 60.9 Å². The minimum absolute atomic E-state index is 0. The van der Waals surface area contributed by atoms with Crippen molar-refractivity contribution in [3.05, 3.63) is 83.7 Å². The molecule has 1 aliphatic carbocycles. The van der Waals surface area contributed by atoms with Crippen molar-refractivity contribution >= 4 is 5.97 Å². The van der Waals surface area contributed by atoms with Crippen LogP contribution in [-0.2, 0) is 21.7 Å². The number of halogens is 5. The first kappa shape index (κ1) is 28.0. The van der Waals surface area contributed by atoms with Gasteiger partial charge in [0.1, 0.15) is 18.2 Å². The standard InChI is InChI=1S/C26H28F4N2O3.BrH/c1-18-31(11-12-32(18)17-19-7-8-22(27)15-23(19)28)13-14-35-24(33)26(34,20-5-3-2-4-6-20)21-9-10-25(29,30)16-21;/h2-8,11-12,15,18,21,34H,9-10,13-14,16-17H2,1H3;1H/p-1/t18?,21-,26+;/m1./s1. The molecule has 10 heteroatoms. The zero-order valence-electron chi connectivity index (χ0n) is 19.7. The van der Waals surface area contributed by atoms with Gasteiger partial charge >= 0.3 is 5.97 Å². The maximum absolute atomic E-state index is 14.0. The molecule has 0 saturated heterocycles. The number of carbonyl (C=O) groups is 1. The zero-order chi connectivity index (χ0) is 25.2. The molecule has 1 unspecified atom stereocenters. The van der Waals surface area contributed by atoms with E-state index in [1.807, 2.05) is 16.7 Å². The number of rotatable bonds is 8. The van der Waals surface area contributed by atoms with E-state index in [1.54, 1.807) is 30.6 Å². The first-order chi connectivity index (χ1) is 16.6. The highest BCUT2D eigenvalue weighted by Crippen LogP contribution is 2.47. The molecule has 1 aliphatic heterocycles. The Morgan fingerprint density at radius 3 is 2.47 bits per heavy atom. The van der Waals surface area contributed by atoms with Crippen molar-refractivity contribution in [3.63, 3.8) is 0 Å². The fraction of sp³-hybridized carbons (Fsp3) is 0.423. The summed E-state index contributed by atoms with van der Waals surface area (Å²) in [6.45, 7) is 2.30. The molecule has 1 saturated carbocycles. The molecule has 36 heavy (non-hydrogen) atoms. The minimum Gasteiger partial charge on any atom is -1.00 e. The largest absolute Gasteiger partial charge is 1.00 e. The Kier molecular flexibility index (Phi) is 8.71. The van der Waals surface area contributed by atoms with E-state index >= 15 is 0 Å². The molecule has 2 aliphatic rings. The van der Waals surface area contributed by atoms with E-state index in [2.05, 4.69) is 0 Å². The number of alkyl halides is 2. The molecule has 1 N–H and O–H groups in total. The van der Waals surface area contributed by atoms with Gasteiger partial charge in [-0.2, -0.15) is 0 Å². The highest BCUT2D eigenvalue weighted by atomic mass is 79.9. The van der Waals surface area contributed by atoms with Gasteiger partial charge < -0.3 is 36.6 Å². The van der Waals surface area contributed by atoms with Gasteiger partial charge in [-0.3, -0.25) is 0 Å². The summed E-state index contributed by atoms with van der Waals surface area (Å²) in [4.78, 5) is 16.8. The van der Waals surface area contributed by atoms with Crippen LogP contribution < -0.4 is 17.0 Å². The number of ether oxygens (including phenoxy) is 1. The molecule has 0 bridgehead atoms. The van der Waals surface area contributed by atoms with Crippen LogP contribution >= 0.6 is 0 Å². The van der Waals surface area contributed by atoms with Gasteiger partial charge in [-0.05, 0) is 25.0 Å². The van der Waals surface area contributed by atoms with Crippen molar-refractivity contribution in [2.75, 3.05) is 13.2 Å². The average Bonchev–Trinajstić information content (AvgIpc) is 3.37. The van der Waals surface area contributed by atoms with Crippen molar-refractivity contribution in [1.29, 1.82) is 0 Å². The van der Waals surface area contributed by atoms with E-state index < -0.39 is 41.5 Å². The molecule has 5 nitrogen and oxygen atoms in total. The average molecular weight is 572 g/mol. The lowest BCUT2D eigenvalue weighted by Gasteiger charge is -2.33. The number of hydrogen-bond acceptors (Lipinski definition) is 5. The molecule has 2 aromatic rings. The maximum atomic E-state index is 14.0. The summed E-state index contributed by atoms with van der Waals surface area (Å²) in [5, 5.41) is 11.4. The Morgan fingerprint density at radius 2 is 1.83 bits per heavy atom. The van der Waals surface area contributed by atoms with Gasteiger partial charge in [0.15, 0.2) is 5.60 Å². The van der Waals surface area contributed by atoms with Gasteiger partial charge in [-0.15, -0.1) is 0 Å². The van der Waals surface area contributed by atoms with E-state index in [0.717, 1.165) is 6.07 Å². The zero-order valence-corrected chi connectivity index (χ0v) is 21.3. The molecule has 0 spiro atoms. The van der Waals surface area contributed by atoms with E-state index in [1.165, 1.54) is 24.3 Å². The normalized spacial score (nSPS) is 22.3. The lowest BCUT2D eigenvalue weighted by molar-refractivity contribution is -0.175. The second-order valence-corrected chi connectivity index (χ2v) is 9.14. The van der Waals surface area contributed by atoms with Gasteiger partial charge in [-0.1, -0.05) is 36.4 Å². The van der Waals surface area contributed by atoms with E-state index in [0.29, 0.717) is 5.56 Å². The summed E-state index contributed by atoms with van der Waals surface area (Å²) in [6.07, 6.45) is 2.36. The van der Waals surface area contributed by atoms with Gasteiger partial charge in [0.05, 0.1) is 12.7 Å². The molecule has 2 aromatic carbocycles. The van der Waals surface area contributed by atoms with Crippen molar-refractivity contribution in [3.8, 4) is 0 Å². The van der Waals surface area contributed by atoms with Crippen molar-refractivity contribution in [2.24, 2.45) is 5.92 Å². The van der Waals surface area contributed by atoms with Crippen LogP contribution in [0.25, 0.3) is 0 Å². The van der Waals surface area contributed by atoms with Gasteiger partial charge in [-0.25, -0.2) is 22.4 Å². The Hall–Kier alpha value is -2.59. The van der Waals surface area contributed by atoms with Gasteiger partial charge in [0, 0.05) is 49.3 Å². The number of hydrogen-bond donors (Lipinski definition) is 1. The summed E-state index contributed by atoms with van der Waals surface area (Å²) in [5.74, 6) is -6.12. The van der Waals surface area contributed by atoms with Crippen molar-refractivity contribution in [2.45, 2.75) is 50.4 Å². The molecular weight excluding hydrogens is 544 g/mol. The molecule has 1 heterocycles. The SMILES string of the molecule is CC1N(CCOC(=O)[C@](O)(c2ccccc2)[C@@H]2CCC(F)(F)C2)C=CN1Cc1ccc(F)cc1F.[Br-]. The minimum atomic E-state index is -2.93. The smallest absolute Gasteiger partial charge is 0.343 e. The summed E-state index contributed by atoms with van der Waals surface area (Å²) in [6, 6.07) is 11.5. The highest BCUT2D eigenvalue weighted by Gasteiger charge is 2.54. The van der Waals surface area contributed by atoms with Crippen LogP contribution in [0, 0.1) is 17.6 Å². The number of benzene rings is 2. The molecule has 0 amide bonds. The van der Waals surface area contributed by atoms with Crippen LogP contribution in [0.4, 0.5) is 17.6 Å². The predicted molar refractivity (Wildman–Crippen MR) is 121 cm³/mol. The van der Waals surface area contributed by atoms with Crippen LogP contribution in [0.5, 0.6) is 0 Å². The summed E-state index contributed by atoms with van der Waals surface area (Å²) < 4.78 is 60.4. The number of aliphatic hydroxyl groups is 1. The molecule has 0 radical (unpaired) electrons. The summed E-state index contributed by atoms with van der Waals surface area (Å²) in [7, 11) is 0. The highest BCUT2D eigenvalue weighted by molar-refractivity contribution is 5.81. The lowest BCUT2D eigenvalue weighted by atomic mass is 9.80. The Morgan fingerprint density at radius 1 is 1.14 bits per heavy atom. The Labute approximate surface area is 218 Å². The second kappa shape index (κ2) is 11.2. The number of nitrogens with zero attached hydrogens (tertiary/aromatic N) is 2. The summed E-state index contributed by atoms with van der Waals surface area (Å²) in [5.41, 5.74) is -1.59. The lowest BCUT2D eigenvalue weighted by Crippen LogP contribution is -3.00. The fourth-order valence-corrected chi connectivity index (χ4v) is 4.78. The first-order valence-corrected chi connectivity index (χ1v) is 11.6. The Balaban J connectivity index is 0.00000361. The molecule has 1 fully saturated rings. The molecule has 4 rings (SSSR count). The van der Waals surface area contributed by atoms with Crippen LogP contribution in [0.1, 0.15) is 37.3 Å². The van der Waals surface area contributed by atoms with E-state index in [4.69, 9.17) is 4.74 Å². The Bertz CT molecular complexity index is 1090. The van der Waals surface area contributed by atoms with E-state index in [-0.39, 0.29) is 61.2 Å². The third-order valence-corrected chi connectivity index (χ3v) is 6.88. The van der Waals surface area contributed by atoms with Crippen LogP contribution in [-0.4, -0.2) is 46.1 Å². The third kappa shape index (κ3) is 5.86. The maximum Gasteiger partial charge on any atom is 0.343 e. The topological polar surface area (TPSA) is 53.0 Å². The van der Waals surface area contributed by atoms with Crippen molar-refractivity contribution < 1.29 is 49.2 Å². The number of carbonyl (C=O) groups excluding carboxylic acids is 1. The van der Waals surface area contributed by atoms with E-state index in [9.17, 15) is 27.5 Å². The predicted octanol–water partition coefficient (Wildman–Crippen LogP) is 1.77. The van der Waals surface area contributed by atoms with Gasteiger partial charge in [0.25, 0.3) is 0 Å². The third-order valence-electron chi connectivity index (χ3n) is 6.88. The molecular formula is C26H28BrF4N2O3-. The van der Waals surface area contributed by atoms with Crippen molar-refractivity contribution in [1.82, 2.24) is 9.80 Å². The molecule has 3 atom stereocenters. The van der Waals surface area contributed by atoms with Crippen LogP contribution in [0.2, 0.25) is 0 Å². The molecule has 0 aromatic heterocycles. The monoisotopic (exact) mass is 571 g/mol.